The van der Waals surface area contributed by atoms with E-state index in [0.29, 0.717) is 11.4 Å². The Balaban J connectivity index is 1.88. The van der Waals surface area contributed by atoms with E-state index in [1.54, 1.807) is 24.3 Å². The molecule has 1 aromatic carbocycles. The molecule has 2 amide bonds. The third-order valence-corrected chi connectivity index (χ3v) is 3.51. The highest BCUT2D eigenvalue weighted by Gasteiger charge is 2.29. The third-order valence-electron chi connectivity index (χ3n) is 2.53. The summed E-state index contributed by atoms with van der Waals surface area (Å²) in [6.07, 6.45) is -0.000598. The van der Waals surface area contributed by atoms with Gasteiger partial charge < -0.3 is 15.8 Å². The van der Waals surface area contributed by atoms with Crippen LogP contribution in [0.1, 0.15) is 13.3 Å². The lowest BCUT2D eigenvalue weighted by Gasteiger charge is -2.08. The number of carbonyl (C=O) groups excluding carboxylic acids is 3. The largest absolute Gasteiger partial charge is 0.427 e. The minimum absolute atomic E-state index is 0.000598. The molecule has 1 aromatic rings. The smallest absolute Gasteiger partial charge is 0.308 e. The Bertz CT molecular complexity index is 612. The highest BCUT2D eigenvalue weighted by Crippen LogP contribution is 2.23. The summed E-state index contributed by atoms with van der Waals surface area (Å²) in [5.74, 6) is -0.729. The van der Waals surface area contributed by atoms with E-state index in [2.05, 4.69) is 10.3 Å². The monoisotopic (exact) mass is 307 g/mol. The Morgan fingerprint density at radius 3 is 2.57 bits per heavy atom. The average molecular weight is 307 g/mol. The first-order valence-corrected chi connectivity index (χ1v) is 6.95. The van der Waals surface area contributed by atoms with Crippen LogP contribution in [-0.4, -0.2) is 28.2 Å². The Hall–Kier alpha value is -2.35. The molecule has 110 valence electrons. The Kier molecular flexibility index (Phi) is 4.59. The van der Waals surface area contributed by atoms with E-state index in [0.717, 1.165) is 11.8 Å². The molecule has 0 radical (unpaired) electrons. The first-order chi connectivity index (χ1) is 9.94. The fourth-order valence-electron chi connectivity index (χ4n) is 1.68. The second-order valence-electron chi connectivity index (χ2n) is 4.27. The number of esters is 1. The molecule has 1 atom stereocenters. The van der Waals surface area contributed by atoms with E-state index in [9.17, 15) is 14.4 Å². The summed E-state index contributed by atoms with van der Waals surface area (Å²) in [6, 6.07) is 6.33. The minimum Gasteiger partial charge on any atom is -0.427 e. The average Bonchev–Trinajstić information content (AvgIpc) is 2.69. The van der Waals surface area contributed by atoms with Crippen LogP contribution in [0.2, 0.25) is 0 Å². The second-order valence-corrected chi connectivity index (χ2v) is 5.49. The molecule has 0 saturated carbocycles. The first-order valence-electron chi connectivity index (χ1n) is 6.07. The van der Waals surface area contributed by atoms with Gasteiger partial charge in [0.25, 0.3) is 5.91 Å². The number of nitrogens with zero attached hydrogens (tertiary/aromatic N) is 1. The van der Waals surface area contributed by atoms with E-state index < -0.39 is 17.1 Å². The summed E-state index contributed by atoms with van der Waals surface area (Å²) >= 11 is 1.08. The van der Waals surface area contributed by atoms with Gasteiger partial charge >= 0.3 is 5.97 Å². The Morgan fingerprint density at radius 2 is 2.05 bits per heavy atom. The van der Waals surface area contributed by atoms with Gasteiger partial charge in [-0.3, -0.25) is 14.4 Å². The zero-order valence-corrected chi connectivity index (χ0v) is 12.0. The van der Waals surface area contributed by atoms with Gasteiger partial charge in [0.2, 0.25) is 5.91 Å². The van der Waals surface area contributed by atoms with Crippen molar-refractivity contribution >= 4 is 40.4 Å². The van der Waals surface area contributed by atoms with Gasteiger partial charge in [-0.1, -0.05) is 11.8 Å². The van der Waals surface area contributed by atoms with Crippen LogP contribution in [0, 0.1) is 0 Å². The zero-order valence-electron chi connectivity index (χ0n) is 11.2. The van der Waals surface area contributed by atoms with E-state index in [-0.39, 0.29) is 17.5 Å². The number of hydrogen-bond acceptors (Lipinski definition) is 6. The summed E-state index contributed by atoms with van der Waals surface area (Å²) in [5, 5.41) is 2.27. The number of aliphatic imine (C=N–C) groups is 1. The molecule has 0 unspecified atom stereocenters. The molecule has 0 bridgehead atoms. The number of anilines is 1. The number of thioether (sulfide) groups is 1. The maximum atomic E-state index is 11.8. The normalized spacial score (nSPS) is 17.3. The molecule has 1 aliphatic heterocycles. The molecular formula is C13H13N3O4S. The molecule has 0 aliphatic carbocycles. The lowest BCUT2D eigenvalue weighted by atomic mass is 10.2. The Labute approximate surface area is 124 Å². The van der Waals surface area contributed by atoms with Gasteiger partial charge in [0.1, 0.15) is 11.0 Å². The highest BCUT2D eigenvalue weighted by atomic mass is 32.2. The number of amides is 2. The summed E-state index contributed by atoms with van der Waals surface area (Å²) in [7, 11) is 0. The summed E-state index contributed by atoms with van der Waals surface area (Å²) in [6.45, 7) is 1.31. The van der Waals surface area contributed by atoms with Crippen LogP contribution in [0.5, 0.6) is 5.75 Å². The van der Waals surface area contributed by atoms with Crippen molar-refractivity contribution in [3.8, 4) is 5.75 Å². The van der Waals surface area contributed by atoms with Gasteiger partial charge in [0, 0.05) is 19.0 Å². The predicted octanol–water partition coefficient (Wildman–Crippen LogP) is 0.897. The van der Waals surface area contributed by atoms with E-state index in [1.165, 1.54) is 6.92 Å². The van der Waals surface area contributed by atoms with Gasteiger partial charge in [-0.2, -0.15) is 4.99 Å². The molecule has 0 aromatic heterocycles. The van der Waals surface area contributed by atoms with Crippen LogP contribution in [0.25, 0.3) is 0 Å². The topological polar surface area (TPSA) is 111 Å². The molecule has 1 heterocycles. The molecule has 21 heavy (non-hydrogen) atoms. The number of amidine groups is 1. The van der Waals surface area contributed by atoms with Crippen LogP contribution in [0.3, 0.4) is 0 Å². The molecule has 0 spiro atoms. The fourth-order valence-corrected chi connectivity index (χ4v) is 2.51. The van der Waals surface area contributed by atoms with Gasteiger partial charge in [0.05, 0.1) is 0 Å². The standard InChI is InChI=1S/C13H13N3O4S/c1-7(17)20-9-4-2-8(3-5-9)15-11(18)6-10-12(19)16-13(14)21-10/h2-5,10H,6H2,1H3,(H,15,18)(H2,14,16,19)/t10-/m0/s1. The van der Waals surface area contributed by atoms with Crippen molar-refractivity contribution < 1.29 is 19.1 Å². The predicted molar refractivity (Wildman–Crippen MR) is 79.0 cm³/mol. The molecule has 0 saturated heterocycles. The molecule has 3 N–H and O–H groups in total. The summed E-state index contributed by atoms with van der Waals surface area (Å²) in [4.78, 5) is 37.6. The maximum absolute atomic E-state index is 11.8. The van der Waals surface area contributed by atoms with Crippen molar-refractivity contribution in [2.24, 2.45) is 10.7 Å². The zero-order chi connectivity index (χ0) is 15.4. The van der Waals surface area contributed by atoms with Gasteiger partial charge in [-0.15, -0.1) is 0 Å². The van der Waals surface area contributed by atoms with E-state index in [4.69, 9.17) is 10.5 Å². The molecular weight excluding hydrogens is 294 g/mol. The van der Waals surface area contributed by atoms with Crippen molar-refractivity contribution in [1.82, 2.24) is 0 Å². The van der Waals surface area contributed by atoms with Crippen LogP contribution >= 0.6 is 11.8 Å². The van der Waals surface area contributed by atoms with Crippen molar-refractivity contribution in [2.45, 2.75) is 18.6 Å². The quantitative estimate of drug-likeness (QED) is 0.631. The fraction of sp³-hybridized carbons (Fsp3) is 0.231. The van der Waals surface area contributed by atoms with Gasteiger partial charge in [-0.05, 0) is 24.3 Å². The van der Waals surface area contributed by atoms with Crippen LogP contribution < -0.4 is 15.8 Å². The SMILES string of the molecule is CC(=O)Oc1ccc(NC(=O)C[C@@H]2SC(N)=NC2=O)cc1. The summed E-state index contributed by atoms with van der Waals surface area (Å²) < 4.78 is 4.88. The maximum Gasteiger partial charge on any atom is 0.308 e. The number of carbonyl (C=O) groups is 3. The second kappa shape index (κ2) is 6.40. The van der Waals surface area contributed by atoms with Gasteiger partial charge in [0.15, 0.2) is 5.17 Å². The van der Waals surface area contributed by atoms with Crippen molar-refractivity contribution in [3.05, 3.63) is 24.3 Å². The Morgan fingerprint density at radius 1 is 1.38 bits per heavy atom. The molecule has 8 heteroatoms. The first kappa shape index (κ1) is 15.0. The highest BCUT2D eigenvalue weighted by molar-refractivity contribution is 8.15. The van der Waals surface area contributed by atoms with Crippen molar-refractivity contribution in [2.75, 3.05) is 5.32 Å². The number of nitrogens with one attached hydrogen (secondary N) is 1. The number of benzene rings is 1. The van der Waals surface area contributed by atoms with E-state index >= 15 is 0 Å². The number of rotatable bonds is 4. The molecule has 1 aliphatic rings. The van der Waals surface area contributed by atoms with Crippen LogP contribution in [-0.2, 0) is 14.4 Å². The molecule has 0 fully saturated rings. The molecule has 2 rings (SSSR count). The van der Waals surface area contributed by atoms with Gasteiger partial charge in [-0.25, -0.2) is 0 Å². The minimum atomic E-state index is -0.565. The van der Waals surface area contributed by atoms with Crippen LogP contribution in [0.15, 0.2) is 29.3 Å². The van der Waals surface area contributed by atoms with E-state index in [1.807, 2.05) is 0 Å². The van der Waals surface area contributed by atoms with Crippen LogP contribution in [0.4, 0.5) is 5.69 Å². The third kappa shape index (κ3) is 4.32. The lowest BCUT2D eigenvalue weighted by molar-refractivity contribution is -0.131. The number of hydrogen-bond donors (Lipinski definition) is 2. The lowest BCUT2D eigenvalue weighted by Crippen LogP contribution is -2.21. The van der Waals surface area contributed by atoms with Crippen molar-refractivity contribution in [1.29, 1.82) is 0 Å². The van der Waals surface area contributed by atoms with Crippen molar-refractivity contribution in [3.63, 3.8) is 0 Å². The number of ether oxygens (including phenoxy) is 1. The summed E-state index contributed by atoms with van der Waals surface area (Å²) in [5.41, 5.74) is 5.96. The number of nitrogens with two attached hydrogens (primary N) is 1. The molecule has 7 nitrogen and oxygen atoms in total.